The summed E-state index contributed by atoms with van der Waals surface area (Å²) in [6, 6.07) is 6.40. The molecule has 0 unspecified atom stereocenters. The largest absolute Gasteiger partial charge is 0.469 e. The Bertz CT molecular complexity index is 631. The average Bonchev–Trinajstić information content (AvgIpc) is 2.56. The van der Waals surface area contributed by atoms with Gasteiger partial charge >= 0.3 is 0 Å². The predicted octanol–water partition coefficient (Wildman–Crippen LogP) is 2.17. The van der Waals surface area contributed by atoms with E-state index in [-0.39, 0.29) is 11.9 Å². The maximum Gasteiger partial charge on any atom is 0.234 e. The molecule has 0 bridgehead atoms. The summed E-state index contributed by atoms with van der Waals surface area (Å²) < 4.78 is 19.1. The van der Waals surface area contributed by atoms with E-state index in [1.54, 1.807) is 18.5 Å². The van der Waals surface area contributed by atoms with Gasteiger partial charge in [0.05, 0.1) is 12.4 Å². The Balaban J connectivity index is 1.72. The van der Waals surface area contributed by atoms with Gasteiger partial charge in [-0.05, 0) is 24.6 Å². The Labute approximate surface area is 129 Å². The van der Waals surface area contributed by atoms with Crippen molar-refractivity contribution in [3.8, 4) is 5.88 Å². The normalized spacial score (nSPS) is 16.4. The van der Waals surface area contributed by atoms with E-state index in [2.05, 4.69) is 20.2 Å². The minimum absolute atomic E-state index is 0.270. The highest BCUT2D eigenvalue weighted by Gasteiger charge is 2.14. The lowest BCUT2D eigenvalue weighted by Gasteiger charge is -2.28. The molecule has 2 aromatic rings. The van der Waals surface area contributed by atoms with Gasteiger partial charge in [0.15, 0.2) is 5.82 Å². The third kappa shape index (κ3) is 3.51. The molecule has 1 atom stereocenters. The Hall–Kier alpha value is -2.21. The molecule has 3 rings (SSSR count). The quantitative estimate of drug-likeness (QED) is 0.938. The van der Waals surface area contributed by atoms with E-state index in [9.17, 15) is 4.39 Å². The topological polar surface area (TPSA) is 50.3 Å². The van der Waals surface area contributed by atoms with E-state index in [0.717, 1.165) is 37.6 Å². The van der Waals surface area contributed by atoms with Crippen LogP contribution in [0.5, 0.6) is 5.88 Å². The van der Waals surface area contributed by atoms with Crippen LogP contribution in [0, 0.1) is 5.82 Å². The zero-order chi connectivity index (χ0) is 15.4. The van der Waals surface area contributed by atoms with Crippen LogP contribution in [-0.4, -0.2) is 36.1 Å². The van der Waals surface area contributed by atoms with Gasteiger partial charge in [0, 0.05) is 26.2 Å². The zero-order valence-corrected chi connectivity index (χ0v) is 12.5. The lowest BCUT2D eigenvalue weighted by atomic mass is 10.1. The number of hydrogen-bond acceptors (Lipinski definition) is 5. The van der Waals surface area contributed by atoms with Crippen LogP contribution in [0.2, 0.25) is 0 Å². The van der Waals surface area contributed by atoms with Gasteiger partial charge in [0.25, 0.3) is 0 Å². The van der Waals surface area contributed by atoms with Gasteiger partial charge in [-0.15, -0.1) is 0 Å². The van der Waals surface area contributed by atoms with E-state index in [0.29, 0.717) is 5.88 Å². The van der Waals surface area contributed by atoms with Crippen LogP contribution in [0.3, 0.4) is 0 Å². The van der Waals surface area contributed by atoms with Crippen LogP contribution in [0.25, 0.3) is 0 Å². The molecular weight excluding hydrogens is 283 g/mol. The molecule has 1 saturated heterocycles. The maximum absolute atomic E-state index is 13.3. The lowest BCUT2D eigenvalue weighted by Crippen LogP contribution is -2.43. The Morgan fingerprint density at radius 3 is 2.86 bits per heavy atom. The minimum Gasteiger partial charge on any atom is -0.469 e. The predicted molar refractivity (Wildman–Crippen MR) is 82.6 cm³/mol. The molecule has 0 radical (unpaired) electrons. The number of benzene rings is 1. The van der Waals surface area contributed by atoms with Crippen molar-refractivity contribution in [2.75, 3.05) is 31.1 Å². The average molecular weight is 302 g/mol. The molecule has 1 fully saturated rings. The van der Waals surface area contributed by atoms with Crippen molar-refractivity contribution in [3.05, 3.63) is 48.0 Å². The third-order valence-electron chi connectivity index (χ3n) is 3.66. The number of halogens is 1. The second-order valence-electron chi connectivity index (χ2n) is 5.27. The lowest BCUT2D eigenvalue weighted by molar-refractivity contribution is 0.216. The molecule has 22 heavy (non-hydrogen) atoms. The van der Waals surface area contributed by atoms with Crippen LogP contribution < -0.4 is 15.0 Å². The summed E-state index contributed by atoms with van der Waals surface area (Å²) in [5.41, 5.74) is 0.773. The van der Waals surface area contributed by atoms with Crippen molar-refractivity contribution in [2.45, 2.75) is 13.0 Å². The third-order valence-corrected chi connectivity index (χ3v) is 3.66. The molecule has 1 aliphatic rings. The van der Waals surface area contributed by atoms with E-state index < -0.39 is 0 Å². The van der Waals surface area contributed by atoms with Crippen LogP contribution in [0.4, 0.5) is 10.2 Å². The van der Waals surface area contributed by atoms with Crippen molar-refractivity contribution in [2.24, 2.45) is 0 Å². The van der Waals surface area contributed by atoms with E-state index in [4.69, 9.17) is 4.74 Å². The number of nitrogens with one attached hydrogen (secondary N) is 1. The zero-order valence-electron chi connectivity index (χ0n) is 12.5. The maximum atomic E-state index is 13.3. The highest BCUT2D eigenvalue weighted by molar-refractivity contribution is 5.38. The fourth-order valence-electron chi connectivity index (χ4n) is 2.45. The number of hydrogen-bond donors (Lipinski definition) is 1. The number of aromatic nitrogens is 2. The highest BCUT2D eigenvalue weighted by atomic mass is 19.1. The number of ether oxygens (including phenoxy) is 1. The Morgan fingerprint density at radius 1 is 1.27 bits per heavy atom. The first-order valence-corrected chi connectivity index (χ1v) is 7.42. The van der Waals surface area contributed by atoms with Gasteiger partial charge in [0.2, 0.25) is 5.88 Å². The highest BCUT2D eigenvalue weighted by Crippen LogP contribution is 2.22. The van der Waals surface area contributed by atoms with Gasteiger partial charge in [-0.3, -0.25) is 4.98 Å². The summed E-state index contributed by atoms with van der Waals surface area (Å²) in [6.45, 7) is 5.54. The second kappa shape index (κ2) is 6.70. The van der Waals surface area contributed by atoms with Crippen LogP contribution in [0.1, 0.15) is 18.6 Å². The van der Waals surface area contributed by atoms with Crippen molar-refractivity contribution in [1.82, 2.24) is 15.3 Å². The molecule has 1 aliphatic heterocycles. The van der Waals surface area contributed by atoms with Gasteiger partial charge in [-0.25, -0.2) is 4.39 Å². The van der Waals surface area contributed by atoms with Gasteiger partial charge in [0.1, 0.15) is 11.9 Å². The van der Waals surface area contributed by atoms with Crippen LogP contribution in [0.15, 0.2) is 36.7 Å². The number of anilines is 1. The Kier molecular flexibility index (Phi) is 4.48. The van der Waals surface area contributed by atoms with Crippen molar-refractivity contribution in [3.63, 3.8) is 0 Å². The first-order valence-electron chi connectivity index (χ1n) is 7.42. The van der Waals surface area contributed by atoms with Gasteiger partial charge in [-0.2, -0.15) is 4.98 Å². The number of rotatable bonds is 4. The Morgan fingerprint density at radius 2 is 2.09 bits per heavy atom. The molecule has 1 N–H and O–H groups in total. The van der Waals surface area contributed by atoms with E-state index in [1.165, 1.54) is 12.1 Å². The summed E-state index contributed by atoms with van der Waals surface area (Å²) in [5, 5.41) is 3.30. The molecule has 1 aromatic heterocycles. The molecule has 1 aromatic carbocycles. The number of piperazine rings is 1. The fraction of sp³-hybridized carbons (Fsp3) is 0.375. The summed E-state index contributed by atoms with van der Waals surface area (Å²) >= 11 is 0. The molecule has 5 nitrogen and oxygen atoms in total. The van der Waals surface area contributed by atoms with Crippen LogP contribution >= 0.6 is 0 Å². The van der Waals surface area contributed by atoms with Crippen molar-refractivity contribution in [1.29, 1.82) is 0 Å². The SMILES string of the molecule is C[C@H](Oc1cncc(N2CCNCC2)n1)c1cccc(F)c1. The molecule has 0 aliphatic carbocycles. The first kappa shape index (κ1) is 14.7. The molecule has 0 saturated carbocycles. The van der Waals surface area contributed by atoms with E-state index in [1.807, 2.05) is 13.0 Å². The molecule has 6 heteroatoms. The standard InChI is InChI=1S/C16H19FN4O/c1-12(13-3-2-4-14(17)9-13)22-16-11-19-10-15(20-16)21-7-5-18-6-8-21/h2-4,9-12,18H,5-8H2,1H3/t12-/m0/s1. The molecule has 0 amide bonds. The second-order valence-corrected chi connectivity index (χ2v) is 5.27. The van der Waals surface area contributed by atoms with Crippen molar-refractivity contribution < 1.29 is 9.13 Å². The van der Waals surface area contributed by atoms with E-state index >= 15 is 0 Å². The number of nitrogens with zero attached hydrogens (tertiary/aromatic N) is 3. The summed E-state index contributed by atoms with van der Waals surface area (Å²) in [6.07, 6.45) is 3.04. The molecule has 116 valence electrons. The summed E-state index contributed by atoms with van der Waals surface area (Å²) in [5.74, 6) is 0.992. The molecule has 2 heterocycles. The van der Waals surface area contributed by atoms with Crippen LogP contribution in [-0.2, 0) is 0 Å². The smallest absolute Gasteiger partial charge is 0.234 e. The fourth-order valence-corrected chi connectivity index (χ4v) is 2.45. The first-order chi connectivity index (χ1) is 10.7. The van der Waals surface area contributed by atoms with Gasteiger partial charge < -0.3 is 15.0 Å². The summed E-state index contributed by atoms with van der Waals surface area (Å²) in [7, 11) is 0. The summed E-state index contributed by atoms with van der Waals surface area (Å²) in [4.78, 5) is 10.9. The van der Waals surface area contributed by atoms with Crippen molar-refractivity contribution >= 4 is 5.82 Å². The molecule has 0 spiro atoms. The monoisotopic (exact) mass is 302 g/mol. The minimum atomic E-state index is -0.289. The van der Waals surface area contributed by atoms with Gasteiger partial charge in [-0.1, -0.05) is 12.1 Å². The molecular formula is C16H19FN4O.